The number of carbonyl (C=O) groups is 1. The molecule has 2 rings (SSSR count). The number of methoxy groups -OCH3 is 2. The minimum Gasteiger partial charge on any atom is -0.493 e. The SMILES string of the molecule is COc1cccc(/C=C/C(=O)Oc2cccc(C)c2)c1OC. The minimum atomic E-state index is -0.449. The Hall–Kier alpha value is -2.75. The zero-order valence-corrected chi connectivity index (χ0v) is 12.8. The lowest BCUT2D eigenvalue weighted by Gasteiger charge is -2.09. The minimum absolute atomic E-state index is 0.449. The zero-order valence-electron chi connectivity index (χ0n) is 12.8. The van der Waals surface area contributed by atoms with E-state index in [4.69, 9.17) is 14.2 Å². The molecule has 2 aromatic rings. The van der Waals surface area contributed by atoms with Crippen LogP contribution in [0.3, 0.4) is 0 Å². The van der Waals surface area contributed by atoms with E-state index in [-0.39, 0.29) is 0 Å². The zero-order chi connectivity index (χ0) is 15.9. The molecule has 0 bridgehead atoms. The lowest BCUT2D eigenvalue weighted by Crippen LogP contribution is -2.03. The van der Waals surface area contributed by atoms with Gasteiger partial charge in [-0.15, -0.1) is 0 Å². The molecule has 0 radical (unpaired) electrons. The molecular weight excluding hydrogens is 280 g/mol. The van der Waals surface area contributed by atoms with E-state index < -0.39 is 5.97 Å². The summed E-state index contributed by atoms with van der Waals surface area (Å²) >= 11 is 0. The highest BCUT2D eigenvalue weighted by Crippen LogP contribution is 2.31. The maximum absolute atomic E-state index is 11.9. The van der Waals surface area contributed by atoms with E-state index in [9.17, 15) is 4.79 Å². The van der Waals surface area contributed by atoms with Crippen LogP contribution >= 0.6 is 0 Å². The number of esters is 1. The second kappa shape index (κ2) is 7.31. The molecule has 0 saturated carbocycles. The van der Waals surface area contributed by atoms with Crippen LogP contribution in [0.4, 0.5) is 0 Å². The Morgan fingerprint density at radius 1 is 1.05 bits per heavy atom. The molecule has 0 aromatic heterocycles. The van der Waals surface area contributed by atoms with Gasteiger partial charge in [-0.1, -0.05) is 24.3 Å². The second-order valence-electron chi connectivity index (χ2n) is 4.65. The number of rotatable bonds is 5. The molecule has 0 atom stereocenters. The molecule has 0 aliphatic rings. The van der Waals surface area contributed by atoms with Crippen LogP contribution in [0.1, 0.15) is 11.1 Å². The summed E-state index contributed by atoms with van der Waals surface area (Å²) in [5.41, 5.74) is 1.77. The molecule has 0 amide bonds. The lowest BCUT2D eigenvalue weighted by atomic mass is 10.1. The van der Waals surface area contributed by atoms with Gasteiger partial charge in [0, 0.05) is 11.6 Å². The van der Waals surface area contributed by atoms with Crippen molar-refractivity contribution < 1.29 is 19.0 Å². The molecule has 0 fully saturated rings. The summed E-state index contributed by atoms with van der Waals surface area (Å²) in [4.78, 5) is 11.9. The molecule has 0 saturated heterocycles. The molecule has 0 aliphatic carbocycles. The quantitative estimate of drug-likeness (QED) is 0.480. The van der Waals surface area contributed by atoms with Gasteiger partial charge < -0.3 is 14.2 Å². The van der Waals surface area contributed by atoms with Gasteiger partial charge in [-0.2, -0.15) is 0 Å². The Morgan fingerprint density at radius 3 is 2.50 bits per heavy atom. The van der Waals surface area contributed by atoms with Crippen LogP contribution in [0.15, 0.2) is 48.5 Å². The van der Waals surface area contributed by atoms with E-state index in [2.05, 4.69) is 0 Å². The fourth-order valence-electron chi connectivity index (χ4n) is 2.03. The third kappa shape index (κ3) is 3.88. The van der Waals surface area contributed by atoms with Crippen LogP contribution in [0.25, 0.3) is 6.08 Å². The molecule has 0 N–H and O–H groups in total. The Morgan fingerprint density at radius 2 is 1.82 bits per heavy atom. The average molecular weight is 298 g/mol. The van der Waals surface area contributed by atoms with Gasteiger partial charge in [0.05, 0.1) is 14.2 Å². The highest BCUT2D eigenvalue weighted by atomic mass is 16.5. The van der Waals surface area contributed by atoms with E-state index in [0.717, 1.165) is 11.1 Å². The molecule has 4 nitrogen and oxygen atoms in total. The van der Waals surface area contributed by atoms with Crippen molar-refractivity contribution in [3.63, 3.8) is 0 Å². The van der Waals surface area contributed by atoms with Crippen LogP contribution < -0.4 is 14.2 Å². The Bertz CT molecular complexity index is 689. The van der Waals surface area contributed by atoms with Crippen molar-refractivity contribution in [3.05, 3.63) is 59.7 Å². The van der Waals surface area contributed by atoms with Crippen molar-refractivity contribution >= 4 is 12.0 Å². The van der Waals surface area contributed by atoms with Gasteiger partial charge in [-0.3, -0.25) is 0 Å². The topological polar surface area (TPSA) is 44.8 Å². The van der Waals surface area contributed by atoms with Crippen LogP contribution in [-0.2, 0) is 4.79 Å². The first-order valence-electron chi connectivity index (χ1n) is 6.81. The number of aryl methyl sites for hydroxylation is 1. The van der Waals surface area contributed by atoms with E-state index in [0.29, 0.717) is 17.2 Å². The third-order valence-electron chi connectivity index (χ3n) is 3.04. The highest BCUT2D eigenvalue weighted by molar-refractivity contribution is 5.89. The van der Waals surface area contributed by atoms with Gasteiger partial charge >= 0.3 is 5.97 Å². The van der Waals surface area contributed by atoms with Crippen LogP contribution in [-0.4, -0.2) is 20.2 Å². The van der Waals surface area contributed by atoms with Crippen molar-refractivity contribution in [2.45, 2.75) is 6.92 Å². The largest absolute Gasteiger partial charge is 0.493 e. The van der Waals surface area contributed by atoms with Gasteiger partial charge in [-0.25, -0.2) is 4.79 Å². The van der Waals surface area contributed by atoms with Crippen molar-refractivity contribution in [2.75, 3.05) is 14.2 Å². The number of ether oxygens (including phenoxy) is 3. The predicted molar refractivity (Wildman–Crippen MR) is 85.4 cm³/mol. The summed E-state index contributed by atoms with van der Waals surface area (Å²) in [5, 5.41) is 0. The second-order valence-corrected chi connectivity index (χ2v) is 4.65. The summed E-state index contributed by atoms with van der Waals surface area (Å²) in [5.74, 6) is 1.25. The van der Waals surface area contributed by atoms with E-state index in [1.54, 1.807) is 38.5 Å². The van der Waals surface area contributed by atoms with Gasteiger partial charge in [-0.05, 0) is 36.8 Å². The van der Waals surface area contributed by atoms with Gasteiger partial charge in [0.25, 0.3) is 0 Å². The Balaban J connectivity index is 2.13. The Kier molecular flexibility index (Phi) is 5.20. The van der Waals surface area contributed by atoms with E-state index in [1.807, 2.05) is 31.2 Å². The van der Waals surface area contributed by atoms with Crippen molar-refractivity contribution in [3.8, 4) is 17.2 Å². The maximum Gasteiger partial charge on any atom is 0.336 e. The molecule has 22 heavy (non-hydrogen) atoms. The fourth-order valence-corrected chi connectivity index (χ4v) is 2.03. The van der Waals surface area contributed by atoms with Crippen LogP contribution in [0, 0.1) is 6.92 Å². The molecular formula is C18H18O4. The van der Waals surface area contributed by atoms with Crippen molar-refractivity contribution in [1.29, 1.82) is 0 Å². The smallest absolute Gasteiger partial charge is 0.336 e. The van der Waals surface area contributed by atoms with Crippen LogP contribution in [0.2, 0.25) is 0 Å². The molecule has 4 heteroatoms. The average Bonchev–Trinajstić information content (AvgIpc) is 2.52. The lowest BCUT2D eigenvalue weighted by molar-refractivity contribution is -0.128. The van der Waals surface area contributed by atoms with Crippen molar-refractivity contribution in [2.24, 2.45) is 0 Å². The normalized spacial score (nSPS) is 10.5. The monoisotopic (exact) mass is 298 g/mol. The molecule has 0 heterocycles. The first-order valence-corrected chi connectivity index (χ1v) is 6.81. The Labute approximate surface area is 129 Å². The summed E-state index contributed by atoms with van der Waals surface area (Å²) in [7, 11) is 3.12. The molecule has 0 unspecified atom stereocenters. The third-order valence-corrected chi connectivity index (χ3v) is 3.04. The van der Waals surface area contributed by atoms with E-state index >= 15 is 0 Å². The number of carbonyl (C=O) groups excluding carboxylic acids is 1. The number of benzene rings is 2. The fraction of sp³-hybridized carbons (Fsp3) is 0.167. The van der Waals surface area contributed by atoms with Crippen LogP contribution in [0.5, 0.6) is 17.2 Å². The number of hydrogen-bond donors (Lipinski definition) is 0. The van der Waals surface area contributed by atoms with Gasteiger partial charge in [0.2, 0.25) is 0 Å². The number of para-hydroxylation sites is 1. The first-order chi connectivity index (χ1) is 10.6. The predicted octanol–water partition coefficient (Wildman–Crippen LogP) is 3.63. The summed E-state index contributed by atoms with van der Waals surface area (Å²) < 4.78 is 15.8. The summed E-state index contributed by atoms with van der Waals surface area (Å²) in [6, 6.07) is 12.8. The maximum atomic E-state index is 11.9. The van der Waals surface area contributed by atoms with Crippen molar-refractivity contribution in [1.82, 2.24) is 0 Å². The van der Waals surface area contributed by atoms with Gasteiger partial charge in [0.1, 0.15) is 5.75 Å². The highest BCUT2D eigenvalue weighted by Gasteiger charge is 2.07. The van der Waals surface area contributed by atoms with Gasteiger partial charge in [0.15, 0.2) is 11.5 Å². The summed E-state index contributed by atoms with van der Waals surface area (Å²) in [6.07, 6.45) is 3.00. The standard InChI is InChI=1S/C18H18O4/c1-13-6-4-8-15(12-13)22-17(19)11-10-14-7-5-9-16(20-2)18(14)21-3/h4-12H,1-3H3/b11-10+. The molecule has 114 valence electrons. The number of hydrogen-bond acceptors (Lipinski definition) is 4. The molecule has 0 spiro atoms. The molecule has 2 aromatic carbocycles. The van der Waals surface area contributed by atoms with E-state index in [1.165, 1.54) is 6.08 Å². The first kappa shape index (κ1) is 15.6. The summed E-state index contributed by atoms with van der Waals surface area (Å²) in [6.45, 7) is 1.94. The molecule has 0 aliphatic heterocycles.